The zero-order valence-corrected chi connectivity index (χ0v) is 19.1. The summed E-state index contributed by atoms with van der Waals surface area (Å²) in [5, 5.41) is 7.26. The Hall–Kier alpha value is -3.43. The first-order valence-electron chi connectivity index (χ1n) is 11.1. The summed E-state index contributed by atoms with van der Waals surface area (Å²) in [6, 6.07) is 9.93. The number of nitrogens with one attached hydrogen (secondary N) is 2. The number of carbonyl (C=O) groups excluding carboxylic acids is 1. The molecule has 0 saturated carbocycles. The largest absolute Gasteiger partial charge is 0.495 e. The summed E-state index contributed by atoms with van der Waals surface area (Å²) >= 11 is 0. The number of benzene rings is 2. The quantitative estimate of drug-likeness (QED) is 0.595. The number of hydrogen-bond donors (Lipinski definition) is 2. The van der Waals surface area contributed by atoms with Crippen molar-refractivity contribution in [3.63, 3.8) is 0 Å². The molecule has 1 amide bonds. The number of cyclic esters (lactones) is 1. The van der Waals surface area contributed by atoms with E-state index in [1.807, 2.05) is 25.2 Å². The Morgan fingerprint density at radius 2 is 2.12 bits per heavy atom. The van der Waals surface area contributed by atoms with Crippen molar-refractivity contribution in [3.05, 3.63) is 47.7 Å². The van der Waals surface area contributed by atoms with Crippen LogP contribution in [-0.2, 0) is 17.7 Å². The van der Waals surface area contributed by atoms with Gasteiger partial charge >= 0.3 is 6.09 Å². The van der Waals surface area contributed by atoms with Crippen molar-refractivity contribution in [3.8, 4) is 5.75 Å². The lowest BCUT2D eigenvalue weighted by atomic mass is 9.99. The molecule has 33 heavy (non-hydrogen) atoms. The molecule has 1 aromatic heterocycles. The molecule has 1 unspecified atom stereocenters. The summed E-state index contributed by atoms with van der Waals surface area (Å²) in [6.45, 7) is 3.06. The fourth-order valence-corrected chi connectivity index (χ4v) is 4.42. The fourth-order valence-electron chi connectivity index (χ4n) is 4.42. The lowest BCUT2D eigenvalue weighted by Crippen LogP contribution is -2.29. The van der Waals surface area contributed by atoms with Crippen LogP contribution in [0.15, 0.2) is 36.5 Å². The summed E-state index contributed by atoms with van der Waals surface area (Å²) in [5.74, 6) is 1.24. The number of ether oxygens (including phenoxy) is 2. The van der Waals surface area contributed by atoms with Gasteiger partial charge in [0.1, 0.15) is 11.9 Å². The molecule has 1 fully saturated rings. The van der Waals surface area contributed by atoms with Gasteiger partial charge in [-0.3, -0.25) is 4.90 Å². The van der Waals surface area contributed by atoms with Crippen molar-refractivity contribution in [2.75, 3.05) is 51.1 Å². The first kappa shape index (κ1) is 21.4. The van der Waals surface area contributed by atoms with Crippen molar-refractivity contribution >= 4 is 34.3 Å². The van der Waals surface area contributed by atoms with Crippen LogP contribution in [0.1, 0.15) is 11.1 Å². The van der Waals surface area contributed by atoms with E-state index in [9.17, 15) is 4.79 Å². The number of amides is 1. The second-order valence-electron chi connectivity index (χ2n) is 8.54. The van der Waals surface area contributed by atoms with Crippen LogP contribution in [0, 0.1) is 0 Å². The van der Waals surface area contributed by atoms with Crippen molar-refractivity contribution < 1.29 is 14.3 Å². The first-order chi connectivity index (χ1) is 16.0. The molecule has 0 spiro atoms. The van der Waals surface area contributed by atoms with Crippen LogP contribution in [0.3, 0.4) is 0 Å². The summed E-state index contributed by atoms with van der Waals surface area (Å²) in [5.41, 5.74) is 4.92. The van der Waals surface area contributed by atoms with Crippen LogP contribution in [0.4, 0.5) is 22.1 Å². The summed E-state index contributed by atoms with van der Waals surface area (Å²) < 4.78 is 11.1. The molecular formula is C24H28N6O3. The fraction of sp³-hybridized carbons (Fsp3) is 0.375. The smallest absolute Gasteiger partial charge is 0.414 e. The predicted octanol–water partition coefficient (Wildman–Crippen LogP) is 2.91. The molecule has 2 aliphatic rings. The van der Waals surface area contributed by atoms with E-state index >= 15 is 0 Å². The standard InChI is InChI=1S/C24H28N6O3/c1-25-12-19-14-30(24(31)33-19)18-5-4-16-11-26-23(27-20(16)10-18)28-21-8-17-13-29(2)7-6-15(17)9-22(21)32-3/h4-5,8-11,19,25H,6-7,12-14H2,1-3H3,(H,26,27,28). The third kappa shape index (κ3) is 4.29. The highest BCUT2D eigenvalue weighted by molar-refractivity contribution is 5.93. The van der Waals surface area contributed by atoms with Gasteiger partial charge in [-0.1, -0.05) is 0 Å². The molecular weight excluding hydrogens is 420 g/mol. The van der Waals surface area contributed by atoms with Crippen molar-refractivity contribution in [1.29, 1.82) is 0 Å². The van der Waals surface area contributed by atoms with Crippen LogP contribution in [0.5, 0.6) is 5.75 Å². The van der Waals surface area contributed by atoms with E-state index in [0.29, 0.717) is 19.0 Å². The molecule has 2 N–H and O–H groups in total. The number of nitrogens with zero attached hydrogens (tertiary/aromatic N) is 4. The number of carbonyl (C=O) groups is 1. The number of fused-ring (bicyclic) bond motifs is 2. The predicted molar refractivity (Wildman–Crippen MR) is 127 cm³/mol. The molecule has 0 aliphatic carbocycles. The number of aromatic nitrogens is 2. The molecule has 0 bridgehead atoms. The summed E-state index contributed by atoms with van der Waals surface area (Å²) in [6.07, 6.45) is 2.27. The Morgan fingerprint density at radius 1 is 1.24 bits per heavy atom. The molecule has 1 atom stereocenters. The topological polar surface area (TPSA) is 91.9 Å². The van der Waals surface area contributed by atoms with E-state index in [4.69, 9.17) is 14.5 Å². The van der Waals surface area contributed by atoms with Gasteiger partial charge in [0.05, 0.1) is 24.9 Å². The maximum atomic E-state index is 12.3. The number of hydrogen-bond acceptors (Lipinski definition) is 8. The van der Waals surface area contributed by atoms with Crippen molar-refractivity contribution in [2.45, 2.75) is 19.1 Å². The van der Waals surface area contributed by atoms with Crippen molar-refractivity contribution in [1.82, 2.24) is 20.2 Å². The minimum atomic E-state index is -0.342. The molecule has 172 valence electrons. The van der Waals surface area contributed by atoms with E-state index in [-0.39, 0.29) is 12.2 Å². The van der Waals surface area contributed by atoms with Crippen LogP contribution < -0.4 is 20.3 Å². The zero-order chi connectivity index (χ0) is 22.9. The Bertz CT molecular complexity index is 1200. The highest BCUT2D eigenvalue weighted by atomic mass is 16.6. The molecule has 3 aromatic rings. The number of anilines is 3. The lowest BCUT2D eigenvalue weighted by Gasteiger charge is -2.26. The van der Waals surface area contributed by atoms with Gasteiger partial charge in [-0.15, -0.1) is 0 Å². The molecule has 2 aromatic carbocycles. The van der Waals surface area contributed by atoms with Crippen LogP contribution in [0.25, 0.3) is 10.9 Å². The number of rotatable bonds is 6. The number of methoxy groups -OCH3 is 1. The van der Waals surface area contributed by atoms with Gasteiger partial charge in [0, 0.05) is 36.9 Å². The van der Waals surface area contributed by atoms with Crippen molar-refractivity contribution in [2.24, 2.45) is 0 Å². The number of likely N-dealkylation sites (N-methyl/N-ethyl adjacent to an activating group) is 2. The average molecular weight is 449 g/mol. The maximum Gasteiger partial charge on any atom is 0.414 e. The van der Waals surface area contributed by atoms with E-state index in [1.165, 1.54) is 11.1 Å². The first-order valence-corrected chi connectivity index (χ1v) is 11.1. The maximum absolute atomic E-state index is 12.3. The Labute approximate surface area is 192 Å². The van der Waals surface area contributed by atoms with E-state index in [2.05, 4.69) is 39.7 Å². The van der Waals surface area contributed by atoms with E-state index < -0.39 is 0 Å². The molecule has 1 saturated heterocycles. The third-order valence-corrected chi connectivity index (χ3v) is 6.16. The molecule has 0 radical (unpaired) electrons. The highest BCUT2D eigenvalue weighted by Gasteiger charge is 2.32. The average Bonchev–Trinajstić information content (AvgIpc) is 3.18. The summed E-state index contributed by atoms with van der Waals surface area (Å²) in [4.78, 5) is 25.5. The van der Waals surface area contributed by atoms with Gasteiger partial charge in [-0.25, -0.2) is 14.8 Å². The monoisotopic (exact) mass is 448 g/mol. The van der Waals surface area contributed by atoms with Gasteiger partial charge in [0.15, 0.2) is 0 Å². The van der Waals surface area contributed by atoms with Crippen LogP contribution in [0.2, 0.25) is 0 Å². The Morgan fingerprint density at radius 3 is 2.94 bits per heavy atom. The molecule has 2 aliphatic heterocycles. The molecule has 9 nitrogen and oxygen atoms in total. The van der Waals surface area contributed by atoms with Gasteiger partial charge < -0.3 is 25.0 Å². The van der Waals surface area contributed by atoms with Gasteiger partial charge in [-0.05, 0) is 62.0 Å². The van der Waals surface area contributed by atoms with E-state index in [0.717, 1.165) is 47.5 Å². The Balaban J connectivity index is 1.43. The van der Waals surface area contributed by atoms with Gasteiger partial charge in [-0.2, -0.15) is 0 Å². The second kappa shape index (κ2) is 8.84. The lowest BCUT2D eigenvalue weighted by molar-refractivity contribution is 0.141. The van der Waals surface area contributed by atoms with Gasteiger partial charge in [0.25, 0.3) is 0 Å². The molecule has 5 rings (SSSR count). The normalized spacial score (nSPS) is 18.3. The third-order valence-electron chi connectivity index (χ3n) is 6.16. The van der Waals surface area contributed by atoms with E-state index in [1.54, 1.807) is 18.2 Å². The second-order valence-corrected chi connectivity index (χ2v) is 8.54. The Kier molecular flexibility index (Phi) is 5.74. The minimum Gasteiger partial charge on any atom is -0.495 e. The molecule has 9 heteroatoms. The van der Waals surface area contributed by atoms with Gasteiger partial charge in [0.2, 0.25) is 5.95 Å². The zero-order valence-electron chi connectivity index (χ0n) is 19.1. The van der Waals surface area contributed by atoms with Crippen LogP contribution >= 0.6 is 0 Å². The highest BCUT2D eigenvalue weighted by Crippen LogP contribution is 2.33. The SMILES string of the molecule is CNCC1CN(c2ccc3cnc(Nc4cc5c(cc4OC)CCN(C)C5)nc3c2)C(=O)O1. The molecule has 3 heterocycles. The minimum absolute atomic E-state index is 0.170. The van der Waals surface area contributed by atoms with Crippen LogP contribution in [-0.4, -0.2) is 67.9 Å². The summed E-state index contributed by atoms with van der Waals surface area (Å²) in [7, 11) is 5.64.